The fourth-order valence-corrected chi connectivity index (χ4v) is 3.66. The van der Waals surface area contributed by atoms with Crippen molar-refractivity contribution >= 4 is 5.91 Å². The van der Waals surface area contributed by atoms with Gasteiger partial charge in [0.1, 0.15) is 0 Å². The fourth-order valence-electron chi connectivity index (χ4n) is 3.66. The number of hydrogen-bond acceptors (Lipinski definition) is 2. The third kappa shape index (κ3) is 4.10. The second-order valence-corrected chi connectivity index (χ2v) is 6.88. The molecule has 1 aromatic carbocycles. The Morgan fingerprint density at radius 1 is 1.14 bits per heavy atom. The van der Waals surface area contributed by atoms with E-state index in [1.54, 1.807) is 0 Å². The standard InChI is InChI=1S/C19H28N2O/c22-18(10-9-15-11-13-20-14-12-15)21-19(17-7-4-8-17)16-5-2-1-3-6-16/h1-3,5-6,15,17,19-20H,4,7-14H2,(H,21,22). The third-order valence-electron chi connectivity index (χ3n) is 5.33. The first-order valence-corrected chi connectivity index (χ1v) is 8.88. The Morgan fingerprint density at radius 2 is 1.86 bits per heavy atom. The van der Waals surface area contributed by atoms with E-state index >= 15 is 0 Å². The molecular weight excluding hydrogens is 272 g/mol. The van der Waals surface area contributed by atoms with Crippen molar-refractivity contribution in [2.24, 2.45) is 11.8 Å². The summed E-state index contributed by atoms with van der Waals surface area (Å²) < 4.78 is 0. The summed E-state index contributed by atoms with van der Waals surface area (Å²) >= 11 is 0. The van der Waals surface area contributed by atoms with Gasteiger partial charge in [0.2, 0.25) is 5.91 Å². The third-order valence-corrected chi connectivity index (χ3v) is 5.33. The Labute approximate surface area is 133 Å². The number of hydrogen-bond donors (Lipinski definition) is 2. The topological polar surface area (TPSA) is 41.1 Å². The van der Waals surface area contributed by atoms with Crippen LogP contribution in [0.5, 0.6) is 0 Å². The fraction of sp³-hybridized carbons (Fsp3) is 0.632. The molecule has 0 spiro atoms. The van der Waals surface area contributed by atoms with Gasteiger partial charge in [-0.25, -0.2) is 0 Å². The SMILES string of the molecule is O=C(CCC1CCNCC1)NC(c1ccccc1)C1CCC1. The Morgan fingerprint density at radius 3 is 2.50 bits per heavy atom. The second-order valence-electron chi connectivity index (χ2n) is 6.88. The Kier molecular flexibility index (Phi) is 5.49. The number of piperidine rings is 1. The summed E-state index contributed by atoms with van der Waals surface area (Å²) in [5, 5.41) is 6.71. The molecule has 22 heavy (non-hydrogen) atoms. The van der Waals surface area contributed by atoms with E-state index in [4.69, 9.17) is 0 Å². The quantitative estimate of drug-likeness (QED) is 0.845. The highest BCUT2D eigenvalue weighted by molar-refractivity contribution is 5.76. The van der Waals surface area contributed by atoms with Crippen LogP contribution in [0.25, 0.3) is 0 Å². The summed E-state index contributed by atoms with van der Waals surface area (Å²) in [6.45, 7) is 2.22. The lowest BCUT2D eigenvalue weighted by atomic mass is 9.77. The lowest BCUT2D eigenvalue weighted by Crippen LogP contribution is -2.36. The molecule has 3 nitrogen and oxygen atoms in total. The van der Waals surface area contributed by atoms with Gasteiger partial charge >= 0.3 is 0 Å². The van der Waals surface area contributed by atoms with E-state index in [-0.39, 0.29) is 11.9 Å². The predicted octanol–water partition coefficient (Wildman–Crippen LogP) is 3.42. The van der Waals surface area contributed by atoms with Crippen LogP contribution in [-0.2, 0) is 4.79 Å². The first-order valence-electron chi connectivity index (χ1n) is 8.88. The lowest BCUT2D eigenvalue weighted by Gasteiger charge is -2.35. The number of rotatable bonds is 6. The molecule has 0 aromatic heterocycles. The molecule has 2 N–H and O–H groups in total. The Hall–Kier alpha value is -1.35. The zero-order valence-electron chi connectivity index (χ0n) is 13.4. The van der Waals surface area contributed by atoms with Gasteiger partial charge in [-0.2, -0.15) is 0 Å². The average Bonchev–Trinajstić information content (AvgIpc) is 2.52. The summed E-state index contributed by atoms with van der Waals surface area (Å²) in [5.74, 6) is 1.59. The van der Waals surface area contributed by atoms with Gasteiger partial charge in [0, 0.05) is 6.42 Å². The molecule has 2 aliphatic rings. The van der Waals surface area contributed by atoms with E-state index < -0.39 is 0 Å². The molecule has 1 aliphatic carbocycles. The van der Waals surface area contributed by atoms with Crippen molar-refractivity contribution in [1.29, 1.82) is 0 Å². The zero-order chi connectivity index (χ0) is 15.2. The normalized spacial score (nSPS) is 21.1. The molecule has 3 heteroatoms. The largest absolute Gasteiger partial charge is 0.349 e. The van der Waals surface area contributed by atoms with Gasteiger partial charge in [-0.05, 0) is 62.6 Å². The van der Waals surface area contributed by atoms with Crippen molar-refractivity contribution in [2.75, 3.05) is 13.1 Å². The maximum atomic E-state index is 12.4. The molecule has 1 heterocycles. The van der Waals surface area contributed by atoms with Crippen molar-refractivity contribution in [3.63, 3.8) is 0 Å². The molecule has 3 rings (SSSR count). The smallest absolute Gasteiger partial charge is 0.220 e. The number of benzene rings is 1. The second kappa shape index (κ2) is 7.77. The van der Waals surface area contributed by atoms with Gasteiger partial charge < -0.3 is 10.6 Å². The molecule has 2 fully saturated rings. The van der Waals surface area contributed by atoms with E-state index in [1.165, 1.54) is 37.7 Å². The van der Waals surface area contributed by atoms with Crippen molar-refractivity contribution < 1.29 is 4.79 Å². The number of amides is 1. The molecular formula is C19H28N2O. The van der Waals surface area contributed by atoms with Crippen molar-refractivity contribution in [3.05, 3.63) is 35.9 Å². The number of carbonyl (C=O) groups is 1. The van der Waals surface area contributed by atoms with Crippen molar-refractivity contribution in [2.45, 2.75) is 51.0 Å². The molecule has 1 atom stereocenters. The van der Waals surface area contributed by atoms with Crippen LogP contribution in [-0.4, -0.2) is 19.0 Å². The van der Waals surface area contributed by atoms with Gasteiger partial charge in [-0.15, -0.1) is 0 Å². The van der Waals surface area contributed by atoms with Gasteiger partial charge in [0.25, 0.3) is 0 Å². The number of nitrogens with one attached hydrogen (secondary N) is 2. The molecule has 120 valence electrons. The van der Waals surface area contributed by atoms with Crippen LogP contribution in [0.1, 0.15) is 56.6 Å². The summed E-state index contributed by atoms with van der Waals surface area (Å²) in [7, 11) is 0. The molecule has 1 aromatic rings. The molecule has 1 saturated carbocycles. The first kappa shape index (κ1) is 15.5. The summed E-state index contributed by atoms with van der Waals surface area (Å²) in [6.07, 6.45) is 7.96. The molecule has 0 radical (unpaired) electrons. The minimum Gasteiger partial charge on any atom is -0.349 e. The minimum absolute atomic E-state index is 0.218. The van der Waals surface area contributed by atoms with E-state index in [2.05, 4.69) is 34.9 Å². The predicted molar refractivity (Wildman–Crippen MR) is 89.5 cm³/mol. The van der Waals surface area contributed by atoms with Gasteiger partial charge in [-0.3, -0.25) is 4.79 Å². The van der Waals surface area contributed by atoms with Crippen molar-refractivity contribution in [1.82, 2.24) is 10.6 Å². The highest BCUT2D eigenvalue weighted by Gasteiger charge is 2.29. The van der Waals surface area contributed by atoms with E-state index in [0.29, 0.717) is 12.3 Å². The lowest BCUT2D eigenvalue weighted by molar-refractivity contribution is -0.122. The van der Waals surface area contributed by atoms with Crippen LogP contribution in [0.3, 0.4) is 0 Å². The molecule has 0 bridgehead atoms. The summed E-state index contributed by atoms with van der Waals surface area (Å²) in [4.78, 5) is 12.4. The van der Waals surface area contributed by atoms with Crippen LogP contribution >= 0.6 is 0 Å². The van der Waals surface area contributed by atoms with Crippen LogP contribution in [0.2, 0.25) is 0 Å². The maximum absolute atomic E-state index is 12.4. The molecule has 1 unspecified atom stereocenters. The zero-order valence-corrected chi connectivity index (χ0v) is 13.4. The molecule has 1 saturated heterocycles. The van der Waals surface area contributed by atoms with Gasteiger partial charge in [-0.1, -0.05) is 36.8 Å². The highest BCUT2D eigenvalue weighted by atomic mass is 16.1. The van der Waals surface area contributed by atoms with Crippen molar-refractivity contribution in [3.8, 4) is 0 Å². The average molecular weight is 300 g/mol. The summed E-state index contributed by atoms with van der Waals surface area (Å²) in [5.41, 5.74) is 1.27. The van der Waals surface area contributed by atoms with E-state index in [9.17, 15) is 4.79 Å². The van der Waals surface area contributed by atoms with Crippen LogP contribution in [0.15, 0.2) is 30.3 Å². The van der Waals surface area contributed by atoms with Gasteiger partial charge in [0.05, 0.1) is 6.04 Å². The Balaban J connectivity index is 1.52. The Bertz CT molecular complexity index is 464. The maximum Gasteiger partial charge on any atom is 0.220 e. The summed E-state index contributed by atoms with van der Waals surface area (Å²) in [6, 6.07) is 10.7. The van der Waals surface area contributed by atoms with E-state index in [1.807, 2.05) is 6.07 Å². The highest BCUT2D eigenvalue weighted by Crippen LogP contribution is 2.37. The van der Waals surface area contributed by atoms with Crippen LogP contribution in [0, 0.1) is 11.8 Å². The van der Waals surface area contributed by atoms with Crippen LogP contribution in [0.4, 0.5) is 0 Å². The minimum atomic E-state index is 0.218. The monoisotopic (exact) mass is 300 g/mol. The molecule has 1 amide bonds. The van der Waals surface area contributed by atoms with E-state index in [0.717, 1.165) is 25.4 Å². The van der Waals surface area contributed by atoms with Crippen LogP contribution < -0.4 is 10.6 Å². The molecule has 1 aliphatic heterocycles. The first-order chi connectivity index (χ1) is 10.8. The van der Waals surface area contributed by atoms with Gasteiger partial charge in [0.15, 0.2) is 0 Å². The number of carbonyl (C=O) groups excluding carboxylic acids is 1.